The van der Waals surface area contributed by atoms with Crippen molar-refractivity contribution in [3.8, 4) is 5.75 Å². The number of hydrogen-bond donors (Lipinski definition) is 2. The first-order chi connectivity index (χ1) is 8.58. The number of carbonyl (C=O) groups is 1. The fraction of sp³-hybridized carbons (Fsp3) is 0. The lowest BCUT2D eigenvalue weighted by molar-refractivity contribution is 0.102. The molecule has 0 aliphatic rings. The van der Waals surface area contributed by atoms with E-state index >= 15 is 0 Å². The van der Waals surface area contributed by atoms with E-state index < -0.39 is 17.5 Å². The number of phenolic OH excluding ortho intramolecular Hbond substituents is 1. The average Bonchev–Trinajstić information content (AvgIpc) is 2.36. The third kappa shape index (κ3) is 2.45. The number of carbonyl (C=O) groups excluding carboxylic acids is 1. The van der Waals surface area contributed by atoms with E-state index in [1.807, 2.05) is 0 Å². The van der Waals surface area contributed by atoms with Crippen molar-refractivity contribution in [1.82, 2.24) is 0 Å². The smallest absolute Gasteiger partial charge is 0.255 e. The van der Waals surface area contributed by atoms with Gasteiger partial charge in [0, 0.05) is 5.56 Å². The molecule has 0 radical (unpaired) electrons. The third-order valence-electron chi connectivity index (χ3n) is 2.33. The van der Waals surface area contributed by atoms with Crippen LogP contribution in [-0.4, -0.2) is 11.0 Å². The van der Waals surface area contributed by atoms with Crippen molar-refractivity contribution in [2.45, 2.75) is 0 Å². The number of anilines is 1. The third-order valence-corrected chi connectivity index (χ3v) is 2.33. The summed E-state index contributed by atoms with van der Waals surface area (Å²) in [7, 11) is 0. The molecule has 2 rings (SSSR count). The van der Waals surface area contributed by atoms with Gasteiger partial charge in [0.25, 0.3) is 5.91 Å². The Hall–Kier alpha value is -2.43. The largest absolute Gasteiger partial charge is 0.508 e. The molecule has 1 amide bonds. The molecular weight excluding hydrogens is 240 g/mol. The Morgan fingerprint density at radius 1 is 1.06 bits per heavy atom. The van der Waals surface area contributed by atoms with Crippen molar-refractivity contribution in [2.24, 2.45) is 0 Å². The zero-order chi connectivity index (χ0) is 13.1. The molecule has 0 aliphatic carbocycles. The van der Waals surface area contributed by atoms with Crippen molar-refractivity contribution in [2.75, 3.05) is 5.32 Å². The molecule has 0 spiro atoms. The monoisotopic (exact) mass is 249 g/mol. The molecule has 5 heteroatoms. The molecule has 0 saturated heterocycles. The SMILES string of the molecule is O=C(Nc1cccc(F)c1F)c1ccc(O)cc1. The van der Waals surface area contributed by atoms with E-state index in [9.17, 15) is 13.6 Å². The van der Waals surface area contributed by atoms with Gasteiger partial charge in [-0.2, -0.15) is 0 Å². The Morgan fingerprint density at radius 3 is 2.39 bits per heavy atom. The van der Waals surface area contributed by atoms with Crippen LogP contribution in [0, 0.1) is 11.6 Å². The highest BCUT2D eigenvalue weighted by molar-refractivity contribution is 6.04. The van der Waals surface area contributed by atoms with Crippen LogP contribution in [0.2, 0.25) is 0 Å². The van der Waals surface area contributed by atoms with Crippen LogP contribution in [0.5, 0.6) is 5.75 Å². The number of halogens is 2. The highest BCUT2D eigenvalue weighted by atomic mass is 19.2. The Kier molecular flexibility index (Phi) is 3.23. The fourth-order valence-corrected chi connectivity index (χ4v) is 1.41. The molecule has 0 saturated carbocycles. The number of amides is 1. The van der Waals surface area contributed by atoms with Crippen LogP contribution in [0.4, 0.5) is 14.5 Å². The predicted molar refractivity (Wildman–Crippen MR) is 62.4 cm³/mol. The van der Waals surface area contributed by atoms with Gasteiger partial charge in [-0.05, 0) is 36.4 Å². The average molecular weight is 249 g/mol. The maximum absolute atomic E-state index is 13.3. The van der Waals surface area contributed by atoms with Crippen molar-refractivity contribution < 1.29 is 18.7 Å². The molecule has 3 nitrogen and oxygen atoms in total. The normalized spacial score (nSPS) is 10.1. The number of hydrogen-bond acceptors (Lipinski definition) is 2. The van der Waals surface area contributed by atoms with Crippen molar-refractivity contribution in [3.05, 3.63) is 59.7 Å². The summed E-state index contributed by atoms with van der Waals surface area (Å²) in [6.07, 6.45) is 0. The molecule has 18 heavy (non-hydrogen) atoms. The van der Waals surface area contributed by atoms with Gasteiger partial charge >= 0.3 is 0 Å². The van der Waals surface area contributed by atoms with E-state index in [1.54, 1.807) is 0 Å². The summed E-state index contributed by atoms with van der Waals surface area (Å²) in [6, 6.07) is 8.94. The molecule has 0 fully saturated rings. The molecule has 2 aromatic rings. The molecular formula is C13H9F2NO2. The zero-order valence-corrected chi connectivity index (χ0v) is 9.15. The van der Waals surface area contributed by atoms with Gasteiger partial charge < -0.3 is 10.4 Å². The zero-order valence-electron chi connectivity index (χ0n) is 9.15. The van der Waals surface area contributed by atoms with E-state index in [0.717, 1.165) is 6.07 Å². The first kappa shape index (κ1) is 12.0. The van der Waals surface area contributed by atoms with Crippen LogP contribution in [0.15, 0.2) is 42.5 Å². The fourth-order valence-electron chi connectivity index (χ4n) is 1.41. The quantitative estimate of drug-likeness (QED) is 0.859. The second-order valence-electron chi connectivity index (χ2n) is 3.60. The van der Waals surface area contributed by atoms with Gasteiger partial charge in [-0.25, -0.2) is 8.78 Å². The standard InChI is InChI=1S/C13H9F2NO2/c14-10-2-1-3-11(12(10)15)16-13(18)8-4-6-9(17)7-5-8/h1-7,17H,(H,16,18). The summed E-state index contributed by atoms with van der Waals surface area (Å²) in [4.78, 5) is 11.7. The summed E-state index contributed by atoms with van der Waals surface area (Å²) in [6.45, 7) is 0. The molecule has 0 heterocycles. The van der Waals surface area contributed by atoms with Crippen molar-refractivity contribution >= 4 is 11.6 Å². The van der Waals surface area contributed by atoms with E-state index in [4.69, 9.17) is 5.11 Å². The van der Waals surface area contributed by atoms with Crippen LogP contribution in [0.1, 0.15) is 10.4 Å². The minimum Gasteiger partial charge on any atom is -0.508 e. The maximum Gasteiger partial charge on any atom is 0.255 e. The topological polar surface area (TPSA) is 49.3 Å². The molecule has 0 aromatic heterocycles. The van der Waals surface area contributed by atoms with Crippen LogP contribution in [0.3, 0.4) is 0 Å². The van der Waals surface area contributed by atoms with Gasteiger partial charge in [0.05, 0.1) is 5.69 Å². The predicted octanol–water partition coefficient (Wildman–Crippen LogP) is 2.92. The minimum atomic E-state index is -1.11. The molecule has 0 bridgehead atoms. The van der Waals surface area contributed by atoms with Crippen molar-refractivity contribution in [1.29, 1.82) is 0 Å². The maximum atomic E-state index is 13.3. The van der Waals surface area contributed by atoms with Gasteiger partial charge in [0.2, 0.25) is 0 Å². The lowest BCUT2D eigenvalue weighted by Gasteiger charge is -2.06. The number of phenols is 1. The first-order valence-electron chi connectivity index (χ1n) is 5.12. The Bertz CT molecular complexity index is 582. The van der Waals surface area contributed by atoms with E-state index in [2.05, 4.69) is 5.32 Å². The van der Waals surface area contributed by atoms with E-state index in [1.165, 1.54) is 36.4 Å². The molecule has 2 N–H and O–H groups in total. The lowest BCUT2D eigenvalue weighted by atomic mass is 10.2. The van der Waals surface area contributed by atoms with Gasteiger partial charge in [0.1, 0.15) is 5.75 Å². The summed E-state index contributed by atoms with van der Waals surface area (Å²) in [5.74, 6) is -2.70. The first-order valence-corrected chi connectivity index (χ1v) is 5.12. The number of benzene rings is 2. The van der Waals surface area contributed by atoms with Crippen LogP contribution in [0.25, 0.3) is 0 Å². The molecule has 0 aliphatic heterocycles. The summed E-state index contributed by atoms with van der Waals surface area (Å²) >= 11 is 0. The van der Waals surface area contributed by atoms with Gasteiger partial charge in [-0.1, -0.05) is 6.07 Å². The number of nitrogens with one attached hydrogen (secondary N) is 1. The van der Waals surface area contributed by atoms with Crippen molar-refractivity contribution in [3.63, 3.8) is 0 Å². The Morgan fingerprint density at radius 2 is 1.72 bits per heavy atom. The summed E-state index contributed by atoms with van der Waals surface area (Å²) in [5, 5.41) is 11.3. The van der Waals surface area contributed by atoms with Gasteiger partial charge in [0.15, 0.2) is 11.6 Å². The second kappa shape index (κ2) is 4.83. The Labute approximate surface area is 102 Å². The summed E-state index contributed by atoms with van der Waals surface area (Å²) in [5.41, 5.74) is 0.00420. The minimum absolute atomic E-state index is 0.0171. The molecule has 2 aromatic carbocycles. The van der Waals surface area contributed by atoms with Gasteiger partial charge in [-0.3, -0.25) is 4.79 Å². The van der Waals surface area contributed by atoms with E-state index in [-0.39, 0.29) is 17.0 Å². The molecule has 0 unspecified atom stereocenters. The number of aromatic hydroxyl groups is 1. The van der Waals surface area contributed by atoms with Gasteiger partial charge in [-0.15, -0.1) is 0 Å². The lowest BCUT2D eigenvalue weighted by Crippen LogP contribution is -2.13. The molecule has 92 valence electrons. The Balaban J connectivity index is 2.21. The molecule has 0 atom stereocenters. The van der Waals surface area contributed by atoms with Crippen LogP contribution < -0.4 is 5.32 Å². The highest BCUT2D eigenvalue weighted by Gasteiger charge is 2.11. The van der Waals surface area contributed by atoms with Crippen LogP contribution in [-0.2, 0) is 0 Å². The number of rotatable bonds is 2. The summed E-state index contributed by atoms with van der Waals surface area (Å²) < 4.78 is 26.2. The second-order valence-corrected chi connectivity index (χ2v) is 3.60. The van der Waals surface area contributed by atoms with Crippen LogP contribution >= 0.6 is 0 Å². The highest BCUT2D eigenvalue weighted by Crippen LogP contribution is 2.18. The van der Waals surface area contributed by atoms with E-state index in [0.29, 0.717) is 0 Å².